The summed E-state index contributed by atoms with van der Waals surface area (Å²) in [6.07, 6.45) is 2.58. The van der Waals surface area contributed by atoms with Crippen LogP contribution in [0.1, 0.15) is 32.6 Å². The second-order valence-corrected chi connectivity index (χ2v) is 6.09. The van der Waals surface area contributed by atoms with Crippen LogP contribution in [0.15, 0.2) is 0 Å². The van der Waals surface area contributed by atoms with Gasteiger partial charge in [-0.3, -0.25) is 4.79 Å². The summed E-state index contributed by atoms with van der Waals surface area (Å²) in [6, 6.07) is 0. The Hall–Kier alpha value is -0.420. The van der Waals surface area contributed by atoms with Gasteiger partial charge in [0.2, 0.25) is 0 Å². The van der Waals surface area contributed by atoms with E-state index in [1.165, 1.54) is 0 Å². The zero-order valence-electron chi connectivity index (χ0n) is 9.07. The van der Waals surface area contributed by atoms with Crippen LogP contribution in [0.3, 0.4) is 0 Å². The number of sulfone groups is 1. The van der Waals surface area contributed by atoms with Gasteiger partial charge in [0, 0.05) is 13.0 Å². The summed E-state index contributed by atoms with van der Waals surface area (Å²) in [5.41, 5.74) is 0. The van der Waals surface area contributed by atoms with E-state index in [0.29, 0.717) is 19.4 Å². The smallest absolute Gasteiger partial charge is 0.159 e. The molecule has 1 rings (SSSR count). The second kappa shape index (κ2) is 5.61. The maximum atomic E-state index is 11.6. The molecule has 0 bridgehead atoms. The molecular weight excluding hydrogens is 216 g/mol. The summed E-state index contributed by atoms with van der Waals surface area (Å²) in [7, 11) is -3.26. The van der Waals surface area contributed by atoms with Gasteiger partial charge in [0.05, 0.1) is 11.9 Å². The van der Waals surface area contributed by atoms with Gasteiger partial charge in [-0.25, -0.2) is 8.42 Å². The van der Waals surface area contributed by atoms with Crippen molar-refractivity contribution < 1.29 is 17.9 Å². The van der Waals surface area contributed by atoms with Crippen molar-refractivity contribution in [2.45, 2.75) is 38.7 Å². The van der Waals surface area contributed by atoms with Crippen molar-refractivity contribution in [2.24, 2.45) is 0 Å². The van der Waals surface area contributed by atoms with Gasteiger partial charge in [-0.1, -0.05) is 6.92 Å². The second-order valence-electron chi connectivity index (χ2n) is 3.98. The van der Waals surface area contributed by atoms with Crippen LogP contribution in [-0.2, 0) is 19.4 Å². The van der Waals surface area contributed by atoms with Crippen molar-refractivity contribution >= 4 is 15.6 Å². The van der Waals surface area contributed by atoms with E-state index in [2.05, 4.69) is 0 Å². The molecule has 4 nitrogen and oxygen atoms in total. The minimum atomic E-state index is -3.26. The molecule has 0 amide bonds. The van der Waals surface area contributed by atoms with E-state index < -0.39 is 9.84 Å². The first-order valence-corrected chi connectivity index (χ1v) is 7.19. The lowest BCUT2D eigenvalue weighted by molar-refractivity contribution is -0.116. The monoisotopic (exact) mass is 234 g/mol. The molecule has 88 valence electrons. The summed E-state index contributed by atoms with van der Waals surface area (Å²) in [6.45, 7) is 2.51. The molecule has 0 aromatic carbocycles. The standard InChI is InChI=1S/C10H18O4S/c1-2-4-9(11)7-15(12,13)8-10-5-3-6-14-10/h10H,2-8H2,1H3. The van der Waals surface area contributed by atoms with Gasteiger partial charge in [-0.15, -0.1) is 0 Å². The Morgan fingerprint density at radius 1 is 1.47 bits per heavy atom. The van der Waals surface area contributed by atoms with Crippen molar-refractivity contribution in [1.82, 2.24) is 0 Å². The molecule has 1 fully saturated rings. The molecule has 0 aliphatic carbocycles. The fourth-order valence-electron chi connectivity index (χ4n) is 1.71. The summed E-state index contributed by atoms with van der Waals surface area (Å²) in [5.74, 6) is -0.501. The number of rotatable bonds is 6. The Labute approximate surface area is 90.9 Å². The van der Waals surface area contributed by atoms with E-state index in [0.717, 1.165) is 12.8 Å². The predicted molar refractivity (Wildman–Crippen MR) is 57.5 cm³/mol. The molecule has 1 aliphatic rings. The Kier molecular flexibility index (Phi) is 4.73. The Morgan fingerprint density at radius 3 is 2.73 bits per heavy atom. The van der Waals surface area contributed by atoms with E-state index >= 15 is 0 Å². The fraction of sp³-hybridized carbons (Fsp3) is 0.900. The van der Waals surface area contributed by atoms with Crippen LogP contribution in [0.25, 0.3) is 0 Å². The highest BCUT2D eigenvalue weighted by atomic mass is 32.2. The van der Waals surface area contributed by atoms with Gasteiger partial charge in [-0.05, 0) is 19.3 Å². The van der Waals surface area contributed by atoms with Crippen LogP contribution in [0.2, 0.25) is 0 Å². The van der Waals surface area contributed by atoms with Crippen LogP contribution >= 0.6 is 0 Å². The zero-order valence-corrected chi connectivity index (χ0v) is 9.88. The van der Waals surface area contributed by atoms with Crippen LogP contribution in [0.5, 0.6) is 0 Å². The minimum absolute atomic E-state index is 0.00243. The Morgan fingerprint density at radius 2 is 2.20 bits per heavy atom. The molecule has 1 unspecified atom stereocenters. The van der Waals surface area contributed by atoms with Crippen LogP contribution in [0.4, 0.5) is 0 Å². The van der Waals surface area contributed by atoms with Gasteiger partial charge in [0.15, 0.2) is 9.84 Å². The summed E-state index contributed by atoms with van der Waals surface area (Å²) >= 11 is 0. The average molecular weight is 234 g/mol. The first kappa shape index (κ1) is 12.6. The Balaban J connectivity index is 2.40. The van der Waals surface area contributed by atoms with Gasteiger partial charge in [0.25, 0.3) is 0 Å². The molecule has 0 spiro atoms. The number of carbonyl (C=O) groups is 1. The third kappa shape index (κ3) is 4.75. The lowest BCUT2D eigenvalue weighted by Gasteiger charge is -2.09. The van der Waals surface area contributed by atoms with Crippen LogP contribution in [-0.4, -0.2) is 38.4 Å². The van der Waals surface area contributed by atoms with Gasteiger partial charge in [-0.2, -0.15) is 0 Å². The first-order valence-electron chi connectivity index (χ1n) is 5.37. The predicted octanol–water partition coefficient (Wildman–Crippen LogP) is 0.949. The number of Topliss-reactive ketones (excluding diaryl/α,β-unsaturated/α-hetero) is 1. The topological polar surface area (TPSA) is 60.4 Å². The third-order valence-corrected chi connectivity index (χ3v) is 4.02. The van der Waals surface area contributed by atoms with Crippen LogP contribution < -0.4 is 0 Å². The number of ether oxygens (including phenoxy) is 1. The SMILES string of the molecule is CCCC(=O)CS(=O)(=O)CC1CCCO1. The van der Waals surface area contributed by atoms with Gasteiger partial charge >= 0.3 is 0 Å². The highest BCUT2D eigenvalue weighted by molar-refractivity contribution is 7.92. The van der Waals surface area contributed by atoms with Crippen LogP contribution in [0, 0.1) is 0 Å². The molecule has 0 saturated carbocycles. The number of carbonyl (C=O) groups excluding carboxylic acids is 1. The van der Waals surface area contributed by atoms with Gasteiger partial charge < -0.3 is 4.74 Å². The highest BCUT2D eigenvalue weighted by Gasteiger charge is 2.24. The molecular formula is C10H18O4S. The summed E-state index contributed by atoms with van der Waals surface area (Å²) < 4.78 is 28.4. The lowest BCUT2D eigenvalue weighted by atomic mass is 10.3. The molecule has 1 atom stereocenters. The number of ketones is 1. The van der Waals surface area contributed by atoms with Crippen molar-refractivity contribution in [2.75, 3.05) is 18.1 Å². The van der Waals surface area contributed by atoms with Crippen molar-refractivity contribution in [1.29, 1.82) is 0 Å². The highest BCUT2D eigenvalue weighted by Crippen LogP contribution is 2.14. The molecule has 1 saturated heterocycles. The molecule has 1 heterocycles. The number of hydrogen-bond donors (Lipinski definition) is 0. The summed E-state index contributed by atoms with van der Waals surface area (Å²) in [5, 5.41) is 0. The Bertz CT molecular complexity index is 301. The van der Waals surface area contributed by atoms with E-state index in [1.54, 1.807) is 0 Å². The van der Waals surface area contributed by atoms with Crippen molar-refractivity contribution in [3.05, 3.63) is 0 Å². The molecule has 0 N–H and O–H groups in total. The normalized spacial score (nSPS) is 21.8. The third-order valence-electron chi connectivity index (χ3n) is 2.37. The maximum Gasteiger partial charge on any atom is 0.159 e. The molecule has 0 aromatic rings. The molecule has 5 heteroatoms. The zero-order chi connectivity index (χ0) is 11.3. The minimum Gasteiger partial charge on any atom is -0.377 e. The molecule has 0 radical (unpaired) electrons. The van der Waals surface area contributed by atoms with E-state index in [4.69, 9.17) is 4.74 Å². The largest absolute Gasteiger partial charge is 0.377 e. The lowest BCUT2D eigenvalue weighted by Crippen LogP contribution is -2.26. The average Bonchev–Trinajstić information content (AvgIpc) is 2.54. The quantitative estimate of drug-likeness (QED) is 0.686. The molecule has 15 heavy (non-hydrogen) atoms. The fourth-order valence-corrected chi connectivity index (χ4v) is 3.30. The molecule has 0 aromatic heterocycles. The van der Waals surface area contributed by atoms with E-state index in [9.17, 15) is 13.2 Å². The van der Waals surface area contributed by atoms with E-state index in [1.807, 2.05) is 6.92 Å². The van der Waals surface area contributed by atoms with Crippen molar-refractivity contribution in [3.8, 4) is 0 Å². The molecule has 1 aliphatic heterocycles. The first-order chi connectivity index (χ1) is 7.03. The van der Waals surface area contributed by atoms with E-state index in [-0.39, 0.29) is 23.4 Å². The van der Waals surface area contributed by atoms with Gasteiger partial charge in [0.1, 0.15) is 11.5 Å². The number of hydrogen-bond acceptors (Lipinski definition) is 4. The van der Waals surface area contributed by atoms with Crippen molar-refractivity contribution in [3.63, 3.8) is 0 Å². The summed E-state index contributed by atoms with van der Waals surface area (Å²) in [4.78, 5) is 11.2. The maximum absolute atomic E-state index is 11.6.